The van der Waals surface area contributed by atoms with Crippen LogP contribution in [0.1, 0.15) is 116 Å². The molecule has 3 aliphatic carbocycles. The zero-order valence-corrected chi connectivity index (χ0v) is 34.9. The third kappa shape index (κ3) is 5.57. The smallest absolute Gasteiger partial charge is 0.246 e. The largest absolute Gasteiger partial charge is 0.506 e. The number of nitrogens with one attached hydrogen (secondary N) is 1. The van der Waals surface area contributed by atoms with E-state index in [1.54, 1.807) is 13.0 Å². The molecule has 296 valence electrons. The molecule has 55 heavy (non-hydrogen) atoms. The Morgan fingerprint density at radius 3 is 2.35 bits per heavy atom. The van der Waals surface area contributed by atoms with E-state index in [2.05, 4.69) is 50.1 Å². The maximum Gasteiger partial charge on any atom is 0.246 e. The number of phenols is 1. The van der Waals surface area contributed by atoms with Crippen LogP contribution in [0.2, 0.25) is 0 Å². The number of hydrogen-bond donors (Lipinski definition) is 2. The van der Waals surface area contributed by atoms with Crippen LogP contribution in [0.25, 0.3) is 6.08 Å². The van der Waals surface area contributed by atoms with Crippen LogP contribution in [0, 0.1) is 22.7 Å². The maximum absolute atomic E-state index is 15.0. The summed E-state index contributed by atoms with van der Waals surface area (Å²) in [6.45, 7) is 21.6. The highest BCUT2D eigenvalue weighted by molar-refractivity contribution is 6.18. The SMILES string of the molecule is CC(C)=CCCC1(C)C=Cc2c(O)c3c(c(CC=C(C)C)c2O1)OC12C(=CC4CC1C21C(C)(C)OC1(C/C=C(/C)C(=O)NCC(C)(C)CN(C)C)C4=O)C3=O. The van der Waals surface area contributed by atoms with Crippen LogP contribution in [0.5, 0.6) is 17.2 Å². The van der Waals surface area contributed by atoms with E-state index in [1.165, 1.54) is 5.57 Å². The molecule has 1 saturated heterocycles. The zero-order chi connectivity index (χ0) is 40.3. The van der Waals surface area contributed by atoms with E-state index in [0.717, 1.165) is 25.0 Å². The first-order valence-electron chi connectivity index (χ1n) is 19.9. The van der Waals surface area contributed by atoms with Crippen molar-refractivity contribution in [3.8, 4) is 17.2 Å². The lowest BCUT2D eigenvalue weighted by molar-refractivity contribution is -0.329. The Balaban J connectivity index is 1.30. The third-order valence-electron chi connectivity index (χ3n) is 13.1. The lowest BCUT2D eigenvalue weighted by atomic mass is 9.56. The van der Waals surface area contributed by atoms with E-state index >= 15 is 0 Å². The molecule has 0 radical (unpaired) electrons. The van der Waals surface area contributed by atoms with Gasteiger partial charge in [-0.25, -0.2) is 0 Å². The van der Waals surface area contributed by atoms with E-state index in [9.17, 15) is 19.5 Å². The number of fused-ring (bicyclic) bond motifs is 3. The minimum atomic E-state index is -1.29. The average Bonchev–Trinajstić information content (AvgIpc) is 3.73. The molecule has 2 N–H and O–H groups in total. The number of Topliss-reactive ketones (excluding diaryl/α,β-unsaturated/α-hetero) is 2. The second kappa shape index (κ2) is 12.8. The third-order valence-corrected chi connectivity index (χ3v) is 13.1. The van der Waals surface area contributed by atoms with Gasteiger partial charge in [0.25, 0.3) is 0 Å². The first-order valence-corrected chi connectivity index (χ1v) is 19.9. The van der Waals surface area contributed by atoms with Crippen LogP contribution in [0.4, 0.5) is 0 Å². The Kier molecular flexibility index (Phi) is 9.13. The van der Waals surface area contributed by atoms with Crippen molar-refractivity contribution in [2.24, 2.45) is 22.7 Å². The summed E-state index contributed by atoms with van der Waals surface area (Å²) < 4.78 is 21.0. The lowest BCUT2D eigenvalue weighted by Gasteiger charge is -2.63. The number of carbonyl (C=O) groups excluding carboxylic acids is 3. The molecule has 2 spiro atoms. The number of ether oxygens (including phenoxy) is 3. The molecule has 6 atom stereocenters. The van der Waals surface area contributed by atoms with Crippen LogP contribution < -0.4 is 14.8 Å². The second-order valence-electron chi connectivity index (χ2n) is 19.3. The van der Waals surface area contributed by atoms with E-state index in [4.69, 9.17) is 14.2 Å². The van der Waals surface area contributed by atoms with Crippen molar-refractivity contribution in [2.45, 2.75) is 124 Å². The number of ketones is 2. The summed E-state index contributed by atoms with van der Waals surface area (Å²) in [6.07, 6.45) is 14.5. The number of carbonyl (C=O) groups is 3. The van der Waals surface area contributed by atoms with Gasteiger partial charge in [0.05, 0.1) is 16.6 Å². The lowest BCUT2D eigenvalue weighted by Crippen LogP contribution is -2.76. The molecule has 6 aliphatic rings. The second-order valence-corrected chi connectivity index (χ2v) is 19.3. The number of phenolic OH excluding ortho intramolecular Hbond substituents is 1. The maximum atomic E-state index is 15.0. The summed E-state index contributed by atoms with van der Waals surface area (Å²) in [4.78, 5) is 45.2. The minimum Gasteiger partial charge on any atom is -0.506 e. The Morgan fingerprint density at radius 2 is 1.71 bits per heavy atom. The van der Waals surface area contributed by atoms with Gasteiger partial charge in [-0.15, -0.1) is 0 Å². The van der Waals surface area contributed by atoms with E-state index in [0.29, 0.717) is 53.2 Å². The summed E-state index contributed by atoms with van der Waals surface area (Å²) in [6, 6.07) is 0. The fraction of sp³-hybridized carbons (Fsp3) is 0.587. The van der Waals surface area contributed by atoms with E-state index in [-0.39, 0.29) is 46.5 Å². The number of nitrogens with zero attached hydrogens (tertiary/aromatic N) is 1. The summed E-state index contributed by atoms with van der Waals surface area (Å²) >= 11 is 0. The average molecular weight is 753 g/mol. The minimum absolute atomic E-state index is 0.0782. The molecular weight excluding hydrogens is 693 g/mol. The normalized spacial score (nSPS) is 31.7. The fourth-order valence-corrected chi connectivity index (χ4v) is 11.1. The first kappa shape index (κ1) is 39.3. The Morgan fingerprint density at radius 1 is 1.02 bits per heavy atom. The van der Waals surface area contributed by atoms with Gasteiger partial charge in [0.2, 0.25) is 5.91 Å². The van der Waals surface area contributed by atoms with Crippen LogP contribution in [-0.2, 0) is 20.7 Å². The highest BCUT2D eigenvalue weighted by Crippen LogP contribution is 2.89. The van der Waals surface area contributed by atoms with E-state index < -0.39 is 33.7 Å². The van der Waals surface area contributed by atoms with Crippen LogP contribution in [0.3, 0.4) is 0 Å². The highest BCUT2D eigenvalue weighted by atomic mass is 16.6. The molecule has 9 nitrogen and oxygen atoms in total. The number of amides is 1. The number of rotatable bonds is 12. The highest BCUT2D eigenvalue weighted by Gasteiger charge is 3.02. The summed E-state index contributed by atoms with van der Waals surface area (Å²) in [5.74, 6) is -0.610. The van der Waals surface area contributed by atoms with Crippen molar-refractivity contribution < 1.29 is 33.7 Å². The molecule has 3 aliphatic heterocycles. The monoisotopic (exact) mass is 752 g/mol. The van der Waals surface area contributed by atoms with Gasteiger partial charge in [0.15, 0.2) is 17.2 Å². The molecule has 3 heterocycles. The number of allylic oxidation sites excluding steroid dienone is 5. The predicted molar refractivity (Wildman–Crippen MR) is 214 cm³/mol. The predicted octanol–water partition coefficient (Wildman–Crippen LogP) is 7.86. The standard InChI is InChI=1S/C46H60N2O7/c1-26(2)14-13-19-43(10)20-18-30-35(49)34-36(50)32-22-29-23-33-45(32,54-38(34)31(37(30)53-43)16-15-27(3)4)46(33)42(8,9)55-44(46,39(29)51)21-17-28(5)40(52)47-24-41(6,7)25-48(11)12/h14-15,17-18,20,22,29,33,49H,13,16,19,21,23-25H2,1-12H3,(H,47,52)/b28-17-. The van der Waals surface area contributed by atoms with Crippen molar-refractivity contribution in [3.63, 3.8) is 0 Å². The van der Waals surface area contributed by atoms with Gasteiger partial charge >= 0.3 is 0 Å². The zero-order valence-electron chi connectivity index (χ0n) is 34.9. The Labute approximate surface area is 326 Å². The molecule has 6 unspecified atom stereocenters. The van der Waals surface area contributed by atoms with Gasteiger partial charge in [-0.2, -0.15) is 0 Å². The van der Waals surface area contributed by atoms with E-state index in [1.807, 2.05) is 66.9 Å². The summed E-state index contributed by atoms with van der Waals surface area (Å²) in [5, 5.41) is 15.0. The molecule has 2 bridgehead atoms. The Bertz CT molecular complexity index is 2040. The van der Waals surface area contributed by atoms with Crippen LogP contribution >= 0.6 is 0 Å². The van der Waals surface area contributed by atoms with Crippen molar-refractivity contribution in [1.29, 1.82) is 0 Å². The van der Waals surface area contributed by atoms with Gasteiger partial charge in [0, 0.05) is 48.1 Å². The number of benzene rings is 1. The molecule has 2 saturated carbocycles. The van der Waals surface area contributed by atoms with Gasteiger partial charge < -0.3 is 29.5 Å². The number of aromatic hydroxyl groups is 1. The van der Waals surface area contributed by atoms with Crippen LogP contribution in [-0.4, -0.2) is 77.1 Å². The first-order chi connectivity index (χ1) is 25.6. The number of hydrogen-bond acceptors (Lipinski definition) is 8. The quantitative estimate of drug-likeness (QED) is 0.164. The van der Waals surface area contributed by atoms with Crippen LogP contribution in [0.15, 0.2) is 52.7 Å². The van der Waals surface area contributed by atoms with Crippen molar-refractivity contribution in [3.05, 3.63) is 69.4 Å². The Hall–Kier alpha value is -3.95. The fourth-order valence-electron chi connectivity index (χ4n) is 11.1. The molecule has 1 amide bonds. The topological polar surface area (TPSA) is 114 Å². The summed E-state index contributed by atoms with van der Waals surface area (Å²) in [5.41, 5.74) is -0.302. The van der Waals surface area contributed by atoms with Gasteiger partial charge in [-0.3, -0.25) is 14.4 Å². The van der Waals surface area contributed by atoms with Gasteiger partial charge in [-0.05, 0) is 113 Å². The molecule has 1 aromatic rings. The summed E-state index contributed by atoms with van der Waals surface area (Å²) in [7, 11) is 4.03. The molecule has 3 fully saturated rings. The molecular formula is C46H60N2O7. The van der Waals surface area contributed by atoms with Gasteiger partial charge in [-0.1, -0.05) is 49.3 Å². The van der Waals surface area contributed by atoms with Crippen molar-refractivity contribution in [2.75, 3.05) is 27.2 Å². The van der Waals surface area contributed by atoms with Gasteiger partial charge in [0.1, 0.15) is 34.0 Å². The molecule has 9 heteroatoms. The van der Waals surface area contributed by atoms with Crippen molar-refractivity contribution >= 4 is 23.5 Å². The molecule has 1 aromatic carbocycles. The molecule has 0 aromatic heterocycles. The van der Waals surface area contributed by atoms with Crippen molar-refractivity contribution in [1.82, 2.24) is 10.2 Å². The molecule has 7 rings (SSSR count).